The lowest BCUT2D eigenvalue weighted by molar-refractivity contribution is 1.03. The molecule has 1 aromatic carbocycles. The van der Waals surface area contributed by atoms with Crippen molar-refractivity contribution in [3.8, 4) is 6.07 Å². The standard InChI is InChI=1S/C15H11Cl3N2S/c1-8-5-9(2)20-15(10(8)6-19)21-7-11-12(16)3-4-13(17)14(11)18/h3-5H,7H2,1-2H3. The maximum Gasteiger partial charge on any atom is 0.115 e. The Bertz CT molecular complexity index is 739. The summed E-state index contributed by atoms with van der Waals surface area (Å²) in [6.07, 6.45) is 0. The Morgan fingerprint density at radius 2 is 1.86 bits per heavy atom. The van der Waals surface area contributed by atoms with Crippen LogP contribution in [0, 0.1) is 25.2 Å². The van der Waals surface area contributed by atoms with Crippen LogP contribution < -0.4 is 0 Å². The normalized spacial score (nSPS) is 10.5. The van der Waals surface area contributed by atoms with E-state index < -0.39 is 0 Å². The van der Waals surface area contributed by atoms with Crippen LogP contribution in [0.2, 0.25) is 15.1 Å². The van der Waals surface area contributed by atoms with E-state index in [4.69, 9.17) is 34.8 Å². The maximum absolute atomic E-state index is 9.26. The van der Waals surface area contributed by atoms with Crippen LogP contribution in [-0.4, -0.2) is 4.98 Å². The monoisotopic (exact) mass is 356 g/mol. The number of rotatable bonds is 3. The molecule has 2 aromatic rings. The second kappa shape index (κ2) is 6.89. The summed E-state index contributed by atoms with van der Waals surface area (Å²) in [6, 6.07) is 7.46. The van der Waals surface area contributed by atoms with Crippen LogP contribution in [0.5, 0.6) is 0 Å². The highest BCUT2D eigenvalue weighted by Gasteiger charge is 2.13. The minimum atomic E-state index is 0.444. The molecular formula is C15H11Cl3N2S. The van der Waals surface area contributed by atoms with Crippen LogP contribution in [0.15, 0.2) is 23.2 Å². The van der Waals surface area contributed by atoms with Crippen LogP contribution in [0.4, 0.5) is 0 Å². The molecule has 0 N–H and O–H groups in total. The van der Waals surface area contributed by atoms with Gasteiger partial charge in [0.25, 0.3) is 0 Å². The van der Waals surface area contributed by atoms with E-state index in [9.17, 15) is 5.26 Å². The maximum atomic E-state index is 9.26. The molecule has 0 bridgehead atoms. The molecule has 0 saturated heterocycles. The molecule has 0 spiro atoms. The Morgan fingerprint density at radius 1 is 1.19 bits per heavy atom. The third-order valence-corrected chi connectivity index (χ3v) is 5.11. The highest BCUT2D eigenvalue weighted by molar-refractivity contribution is 7.98. The van der Waals surface area contributed by atoms with Gasteiger partial charge in [0.05, 0.1) is 15.6 Å². The highest BCUT2D eigenvalue weighted by Crippen LogP contribution is 2.36. The van der Waals surface area contributed by atoms with Gasteiger partial charge in [0.1, 0.15) is 11.1 Å². The number of hydrogen-bond acceptors (Lipinski definition) is 3. The largest absolute Gasteiger partial charge is 0.245 e. The van der Waals surface area contributed by atoms with E-state index in [-0.39, 0.29) is 0 Å². The number of nitriles is 1. The molecule has 1 aromatic heterocycles. The first-order valence-electron chi connectivity index (χ1n) is 6.07. The average Bonchev–Trinajstić information content (AvgIpc) is 2.42. The number of hydrogen-bond donors (Lipinski definition) is 0. The molecule has 2 nitrogen and oxygen atoms in total. The fourth-order valence-corrected chi connectivity index (χ4v) is 3.87. The van der Waals surface area contributed by atoms with Crippen LogP contribution in [0.1, 0.15) is 22.4 Å². The molecule has 21 heavy (non-hydrogen) atoms. The minimum absolute atomic E-state index is 0.444. The van der Waals surface area contributed by atoms with Crippen LogP contribution in [0.25, 0.3) is 0 Å². The highest BCUT2D eigenvalue weighted by atomic mass is 35.5. The van der Waals surface area contributed by atoms with Crippen molar-refractivity contribution < 1.29 is 0 Å². The van der Waals surface area contributed by atoms with Gasteiger partial charge in [-0.25, -0.2) is 4.98 Å². The Hall–Kier alpha value is -0.920. The molecule has 0 amide bonds. The second-order valence-corrected chi connectivity index (χ2v) is 6.64. The van der Waals surface area contributed by atoms with Crippen molar-refractivity contribution in [1.29, 1.82) is 5.26 Å². The van der Waals surface area contributed by atoms with Crippen molar-refractivity contribution in [2.24, 2.45) is 0 Å². The summed E-state index contributed by atoms with van der Waals surface area (Å²) in [4.78, 5) is 4.42. The summed E-state index contributed by atoms with van der Waals surface area (Å²) < 4.78 is 0. The first-order chi connectivity index (χ1) is 9.93. The zero-order valence-corrected chi connectivity index (χ0v) is 14.5. The van der Waals surface area contributed by atoms with Crippen molar-refractivity contribution in [3.05, 3.63) is 55.7 Å². The zero-order valence-electron chi connectivity index (χ0n) is 11.4. The molecular weight excluding hydrogens is 347 g/mol. The van der Waals surface area contributed by atoms with Gasteiger partial charge >= 0.3 is 0 Å². The zero-order chi connectivity index (χ0) is 15.6. The van der Waals surface area contributed by atoms with Crippen LogP contribution >= 0.6 is 46.6 Å². The Morgan fingerprint density at radius 3 is 2.52 bits per heavy atom. The number of aromatic nitrogens is 1. The third-order valence-electron chi connectivity index (χ3n) is 2.92. The molecule has 0 aliphatic carbocycles. The summed E-state index contributed by atoms with van der Waals surface area (Å²) in [5, 5.41) is 11.4. The van der Waals surface area contributed by atoms with Crippen LogP contribution in [-0.2, 0) is 5.75 Å². The molecule has 1 heterocycles. The smallest absolute Gasteiger partial charge is 0.115 e. The topological polar surface area (TPSA) is 36.7 Å². The predicted molar refractivity (Wildman–Crippen MR) is 89.5 cm³/mol. The van der Waals surface area contributed by atoms with E-state index in [1.807, 2.05) is 19.9 Å². The van der Waals surface area contributed by atoms with E-state index >= 15 is 0 Å². The molecule has 6 heteroatoms. The average molecular weight is 358 g/mol. The first-order valence-corrected chi connectivity index (χ1v) is 8.19. The number of nitrogens with zero attached hydrogens (tertiary/aromatic N) is 2. The lowest BCUT2D eigenvalue weighted by Crippen LogP contribution is -1.95. The molecule has 0 aliphatic rings. The molecule has 0 saturated carbocycles. The minimum Gasteiger partial charge on any atom is -0.245 e. The van der Waals surface area contributed by atoms with Gasteiger partial charge in [0.2, 0.25) is 0 Å². The number of pyridine rings is 1. The van der Waals surface area contributed by atoms with Crippen molar-refractivity contribution in [2.45, 2.75) is 24.6 Å². The third kappa shape index (κ3) is 3.64. The van der Waals surface area contributed by atoms with Crippen LogP contribution in [0.3, 0.4) is 0 Å². The molecule has 2 rings (SSSR count). The summed E-state index contributed by atoms with van der Waals surface area (Å²) in [6.45, 7) is 3.80. The fraction of sp³-hybridized carbons (Fsp3) is 0.200. The summed E-state index contributed by atoms with van der Waals surface area (Å²) in [5.41, 5.74) is 3.12. The van der Waals surface area contributed by atoms with Crippen molar-refractivity contribution >= 4 is 46.6 Å². The first kappa shape index (κ1) is 16.5. The lowest BCUT2D eigenvalue weighted by Gasteiger charge is -2.10. The van der Waals surface area contributed by atoms with E-state index in [1.165, 1.54) is 11.8 Å². The number of thioether (sulfide) groups is 1. The van der Waals surface area contributed by atoms with Gasteiger partial charge in [-0.15, -0.1) is 11.8 Å². The van der Waals surface area contributed by atoms with Gasteiger partial charge in [-0.1, -0.05) is 34.8 Å². The fourth-order valence-electron chi connectivity index (χ4n) is 1.88. The molecule has 0 atom stereocenters. The number of aryl methyl sites for hydroxylation is 2. The van der Waals surface area contributed by atoms with E-state index in [1.54, 1.807) is 12.1 Å². The predicted octanol–water partition coefficient (Wildman–Crippen LogP) is 5.82. The molecule has 0 unspecified atom stereocenters. The summed E-state index contributed by atoms with van der Waals surface area (Å²) >= 11 is 19.8. The van der Waals surface area contributed by atoms with Crippen molar-refractivity contribution in [1.82, 2.24) is 4.98 Å². The quantitative estimate of drug-likeness (QED) is 0.513. The van der Waals surface area contributed by atoms with Crippen molar-refractivity contribution in [2.75, 3.05) is 0 Å². The number of benzene rings is 1. The number of halogens is 3. The van der Waals surface area contributed by atoms with E-state index in [0.29, 0.717) is 31.4 Å². The molecule has 0 aliphatic heterocycles. The van der Waals surface area contributed by atoms with Gasteiger partial charge in [-0.2, -0.15) is 5.26 Å². The van der Waals surface area contributed by atoms with Gasteiger partial charge in [-0.3, -0.25) is 0 Å². The van der Waals surface area contributed by atoms with Crippen molar-refractivity contribution in [3.63, 3.8) is 0 Å². The van der Waals surface area contributed by atoms with Gasteiger partial charge < -0.3 is 0 Å². The lowest BCUT2D eigenvalue weighted by atomic mass is 10.1. The van der Waals surface area contributed by atoms with E-state index in [2.05, 4.69) is 11.1 Å². The Kier molecular flexibility index (Phi) is 5.40. The summed E-state index contributed by atoms with van der Waals surface area (Å²) in [7, 11) is 0. The van der Waals surface area contributed by atoms with Gasteiger partial charge in [0.15, 0.2) is 0 Å². The molecule has 0 fully saturated rings. The Balaban J connectivity index is 2.34. The molecule has 108 valence electrons. The Labute approximate surface area is 143 Å². The second-order valence-electron chi connectivity index (χ2n) is 4.48. The van der Waals surface area contributed by atoms with Gasteiger partial charge in [-0.05, 0) is 37.6 Å². The molecule has 0 radical (unpaired) electrons. The SMILES string of the molecule is Cc1cc(C)c(C#N)c(SCc2c(Cl)ccc(Cl)c2Cl)n1. The van der Waals surface area contributed by atoms with E-state index in [0.717, 1.165) is 16.8 Å². The van der Waals surface area contributed by atoms with Gasteiger partial charge in [0, 0.05) is 22.0 Å². The summed E-state index contributed by atoms with van der Waals surface area (Å²) in [5.74, 6) is 0.503.